The molecule has 0 bridgehead atoms. The summed E-state index contributed by atoms with van der Waals surface area (Å²) >= 11 is 0. The van der Waals surface area contributed by atoms with Crippen LogP contribution in [0.4, 0.5) is 4.39 Å². The normalized spacial score (nSPS) is 12.6. The molecule has 0 amide bonds. The third kappa shape index (κ3) is 3.17. The van der Waals surface area contributed by atoms with Gasteiger partial charge in [-0.05, 0) is 48.6 Å². The second kappa shape index (κ2) is 5.78. The number of nitrogens with two attached hydrogens (primary N) is 1. The fourth-order valence-corrected chi connectivity index (χ4v) is 2.10. The first-order valence-electron chi connectivity index (χ1n) is 6.12. The van der Waals surface area contributed by atoms with Crippen LogP contribution >= 0.6 is 0 Å². The van der Waals surface area contributed by atoms with Gasteiger partial charge in [0.05, 0.1) is 6.20 Å². The summed E-state index contributed by atoms with van der Waals surface area (Å²) in [4.78, 5) is 0. The highest BCUT2D eigenvalue weighted by atomic mass is 19.1. The Hall–Kier alpha value is -1.68. The number of aromatic nitrogens is 2. The van der Waals surface area contributed by atoms with Gasteiger partial charge in [-0.25, -0.2) is 4.39 Å². The van der Waals surface area contributed by atoms with E-state index >= 15 is 0 Å². The van der Waals surface area contributed by atoms with E-state index in [1.807, 2.05) is 31.6 Å². The lowest BCUT2D eigenvalue weighted by Gasteiger charge is -2.14. The molecule has 0 saturated heterocycles. The fraction of sp³-hybridized carbons (Fsp3) is 0.357. The zero-order valence-electron chi connectivity index (χ0n) is 10.5. The van der Waals surface area contributed by atoms with E-state index < -0.39 is 0 Å². The molecular formula is C14H18FN3. The van der Waals surface area contributed by atoms with Gasteiger partial charge in [-0.15, -0.1) is 0 Å². The number of rotatable bonds is 5. The molecule has 96 valence electrons. The Bertz CT molecular complexity index is 490. The molecule has 1 aromatic heterocycles. The first-order valence-corrected chi connectivity index (χ1v) is 6.12. The zero-order valence-corrected chi connectivity index (χ0v) is 10.5. The second-order valence-corrected chi connectivity index (χ2v) is 4.55. The van der Waals surface area contributed by atoms with Gasteiger partial charge in [-0.3, -0.25) is 4.68 Å². The molecular weight excluding hydrogens is 229 g/mol. The summed E-state index contributed by atoms with van der Waals surface area (Å²) in [7, 11) is 1.91. The van der Waals surface area contributed by atoms with Crippen LogP contribution in [0, 0.1) is 5.82 Å². The number of nitrogens with zero attached hydrogens (tertiary/aromatic N) is 2. The second-order valence-electron chi connectivity index (χ2n) is 4.55. The van der Waals surface area contributed by atoms with Crippen molar-refractivity contribution in [1.82, 2.24) is 9.78 Å². The SMILES string of the molecule is Cn1cc(CCC(CN)c2ccc(F)cc2)cn1. The van der Waals surface area contributed by atoms with Crippen LogP contribution in [0.5, 0.6) is 0 Å². The van der Waals surface area contributed by atoms with E-state index in [0.29, 0.717) is 6.54 Å². The standard InChI is InChI=1S/C14H18FN3/c1-18-10-11(9-17-18)2-3-13(8-16)12-4-6-14(15)7-5-12/h4-7,9-10,13H,2-3,8,16H2,1H3. The quantitative estimate of drug-likeness (QED) is 0.880. The van der Waals surface area contributed by atoms with Crippen molar-refractivity contribution in [2.45, 2.75) is 18.8 Å². The Labute approximate surface area is 106 Å². The van der Waals surface area contributed by atoms with Gasteiger partial charge in [0.1, 0.15) is 5.82 Å². The van der Waals surface area contributed by atoms with E-state index in [2.05, 4.69) is 5.10 Å². The lowest BCUT2D eigenvalue weighted by Crippen LogP contribution is -2.13. The van der Waals surface area contributed by atoms with Crippen LogP contribution < -0.4 is 5.73 Å². The van der Waals surface area contributed by atoms with E-state index in [1.54, 1.807) is 4.68 Å². The molecule has 2 N–H and O–H groups in total. The van der Waals surface area contributed by atoms with Crippen molar-refractivity contribution in [3.63, 3.8) is 0 Å². The molecule has 3 nitrogen and oxygen atoms in total. The minimum absolute atomic E-state index is 0.207. The number of hydrogen-bond acceptors (Lipinski definition) is 2. The highest BCUT2D eigenvalue weighted by molar-refractivity contribution is 5.21. The number of aryl methyl sites for hydroxylation is 2. The molecule has 1 atom stereocenters. The van der Waals surface area contributed by atoms with Crippen LogP contribution in [0.15, 0.2) is 36.7 Å². The summed E-state index contributed by atoms with van der Waals surface area (Å²) in [5, 5.41) is 4.14. The number of halogens is 1. The van der Waals surface area contributed by atoms with Gasteiger partial charge in [0.25, 0.3) is 0 Å². The summed E-state index contributed by atoms with van der Waals surface area (Å²) in [6, 6.07) is 6.61. The van der Waals surface area contributed by atoms with Crippen LogP contribution in [0.2, 0.25) is 0 Å². The Morgan fingerprint density at radius 1 is 1.33 bits per heavy atom. The molecule has 18 heavy (non-hydrogen) atoms. The Morgan fingerprint density at radius 2 is 2.06 bits per heavy atom. The zero-order chi connectivity index (χ0) is 13.0. The van der Waals surface area contributed by atoms with Gasteiger partial charge in [0.15, 0.2) is 0 Å². The van der Waals surface area contributed by atoms with E-state index in [0.717, 1.165) is 18.4 Å². The van der Waals surface area contributed by atoms with E-state index in [1.165, 1.54) is 17.7 Å². The first kappa shape index (κ1) is 12.8. The largest absolute Gasteiger partial charge is 0.330 e. The average Bonchev–Trinajstić information content (AvgIpc) is 2.78. The molecule has 2 rings (SSSR count). The van der Waals surface area contributed by atoms with Gasteiger partial charge < -0.3 is 5.73 Å². The van der Waals surface area contributed by atoms with E-state index in [9.17, 15) is 4.39 Å². The molecule has 0 saturated carbocycles. The smallest absolute Gasteiger partial charge is 0.123 e. The van der Waals surface area contributed by atoms with Crippen molar-refractivity contribution in [3.8, 4) is 0 Å². The van der Waals surface area contributed by atoms with Crippen molar-refractivity contribution in [3.05, 3.63) is 53.6 Å². The average molecular weight is 247 g/mol. The van der Waals surface area contributed by atoms with Crippen LogP contribution in [0.25, 0.3) is 0 Å². The molecule has 0 aliphatic rings. The lowest BCUT2D eigenvalue weighted by molar-refractivity contribution is 0.614. The minimum atomic E-state index is -0.207. The predicted molar refractivity (Wildman–Crippen MR) is 69.7 cm³/mol. The van der Waals surface area contributed by atoms with Gasteiger partial charge >= 0.3 is 0 Å². The van der Waals surface area contributed by atoms with Crippen LogP contribution in [0.3, 0.4) is 0 Å². The maximum absolute atomic E-state index is 12.9. The summed E-state index contributed by atoms with van der Waals surface area (Å²) in [5.41, 5.74) is 8.10. The summed E-state index contributed by atoms with van der Waals surface area (Å²) in [5.74, 6) is 0.0626. The minimum Gasteiger partial charge on any atom is -0.330 e. The molecule has 0 radical (unpaired) electrons. The van der Waals surface area contributed by atoms with Crippen molar-refractivity contribution in [2.24, 2.45) is 12.8 Å². The Morgan fingerprint density at radius 3 is 2.61 bits per heavy atom. The van der Waals surface area contributed by atoms with Crippen LogP contribution in [-0.2, 0) is 13.5 Å². The predicted octanol–water partition coefficient (Wildman–Crippen LogP) is 2.23. The molecule has 2 aromatic rings. The molecule has 1 unspecified atom stereocenters. The van der Waals surface area contributed by atoms with Crippen molar-refractivity contribution in [1.29, 1.82) is 0 Å². The van der Waals surface area contributed by atoms with Gasteiger partial charge in [-0.2, -0.15) is 5.10 Å². The van der Waals surface area contributed by atoms with Crippen molar-refractivity contribution < 1.29 is 4.39 Å². The van der Waals surface area contributed by atoms with E-state index in [4.69, 9.17) is 5.73 Å². The highest BCUT2D eigenvalue weighted by Crippen LogP contribution is 2.21. The summed E-state index contributed by atoms with van der Waals surface area (Å²) in [6.07, 6.45) is 5.78. The molecule has 0 aliphatic carbocycles. The topological polar surface area (TPSA) is 43.8 Å². The maximum Gasteiger partial charge on any atom is 0.123 e. The third-order valence-electron chi connectivity index (χ3n) is 3.17. The molecule has 0 spiro atoms. The van der Waals surface area contributed by atoms with Crippen molar-refractivity contribution in [2.75, 3.05) is 6.54 Å². The maximum atomic E-state index is 12.9. The fourth-order valence-electron chi connectivity index (χ4n) is 2.10. The summed E-state index contributed by atoms with van der Waals surface area (Å²) < 4.78 is 14.7. The third-order valence-corrected chi connectivity index (χ3v) is 3.17. The van der Waals surface area contributed by atoms with Gasteiger partial charge in [0, 0.05) is 13.2 Å². The summed E-state index contributed by atoms with van der Waals surface area (Å²) in [6.45, 7) is 0.575. The monoisotopic (exact) mass is 247 g/mol. The first-order chi connectivity index (χ1) is 8.69. The number of benzene rings is 1. The van der Waals surface area contributed by atoms with Crippen LogP contribution in [0.1, 0.15) is 23.5 Å². The molecule has 0 fully saturated rings. The molecule has 1 heterocycles. The molecule has 0 aliphatic heterocycles. The molecule has 4 heteroatoms. The Balaban J connectivity index is 1.99. The van der Waals surface area contributed by atoms with Gasteiger partial charge in [-0.1, -0.05) is 12.1 Å². The lowest BCUT2D eigenvalue weighted by atomic mass is 9.93. The van der Waals surface area contributed by atoms with Gasteiger partial charge in [0.2, 0.25) is 0 Å². The van der Waals surface area contributed by atoms with E-state index in [-0.39, 0.29) is 11.7 Å². The number of hydrogen-bond donors (Lipinski definition) is 1. The van der Waals surface area contributed by atoms with Crippen LogP contribution in [-0.4, -0.2) is 16.3 Å². The van der Waals surface area contributed by atoms with Crippen molar-refractivity contribution >= 4 is 0 Å². The highest BCUT2D eigenvalue weighted by Gasteiger charge is 2.10. The Kier molecular flexibility index (Phi) is 4.10. The molecule has 1 aromatic carbocycles.